The molecule has 0 spiro atoms. The number of aromatic nitrogens is 1. The molecule has 3 aromatic rings. The molecule has 0 saturated carbocycles. The Labute approximate surface area is 183 Å². The fraction of sp³-hybridized carbons (Fsp3) is 0.364. The number of piperidine rings is 1. The van der Waals surface area contributed by atoms with E-state index >= 15 is 0 Å². The highest BCUT2D eigenvalue weighted by molar-refractivity contribution is 6.07. The van der Waals surface area contributed by atoms with Crippen LogP contribution in [0.15, 0.2) is 53.1 Å². The zero-order valence-electron chi connectivity index (χ0n) is 16.5. The second-order valence-corrected chi connectivity index (χ2v) is 7.18. The number of likely N-dealkylation sites (tertiary alicyclic amines) is 1. The summed E-state index contributed by atoms with van der Waals surface area (Å²) >= 11 is 0. The summed E-state index contributed by atoms with van der Waals surface area (Å²) in [5.41, 5.74) is 2.23. The zero-order valence-corrected chi connectivity index (χ0v) is 18.1. The van der Waals surface area contributed by atoms with Gasteiger partial charge in [-0.1, -0.05) is 18.2 Å². The number of carbonyl (C=O) groups excluding carboxylic acids is 1. The minimum absolute atomic E-state index is 0. The minimum Gasteiger partial charge on any atom is -0.463 e. The molecule has 1 saturated heterocycles. The maximum Gasteiger partial charge on any atom is 0.254 e. The molecule has 1 amide bonds. The average molecular weight is 436 g/mol. The molecule has 1 aromatic carbocycles. The second-order valence-electron chi connectivity index (χ2n) is 7.18. The van der Waals surface area contributed by atoms with Gasteiger partial charge in [-0.25, -0.2) is 4.98 Å². The molecule has 3 heterocycles. The van der Waals surface area contributed by atoms with Gasteiger partial charge in [0.1, 0.15) is 5.69 Å². The highest BCUT2D eigenvalue weighted by Gasteiger charge is 2.25. The normalized spacial score (nSPS) is 14.3. The molecular formula is C22H27Cl2N3O2. The number of benzene rings is 1. The average Bonchev–Trinajstić information content (AvgIpc) is 3.26. The summed E-state index contributed by atoms with van der Waals surface area (Å²) in [4.78, 5) is 20.0. The van der Waals surface area contributed by atoms with E-state index in [2.05, 4.69) is 10.3 Å². The molecule has 0 bridgehead atoms. The zero-order chi connectivity index (χ0) is 18.6. The molecule has 156 valence electrons. The van der Waals surface area contributed by atoms with Gasteiger partial charge in [-0.3, -0.25) is 4.79 Å². The molecule has 0 aliphatic carbocycles. The van der Waals surface area contributed by atoms with Crippen LogP contribution in [0.5, 0.6) is 0 Å². The topological polar surface area (TPSA) is 58.4 Å². The number of fused-ring (bicyclic) bond motifs is 1. The summed E-state index contributed by atoms with van der Waals surface area (Å²) in [5.74, 6) is 1.48. The van der Waals surface area contributed by atoms with Gasteiger partial charge in [0.25, 0.3) is 5.91 Å². The summed E-state index contributed by atoms with van der Waals surface area (Å²) in [6.45, 7) is 2.68. The number of hydrogen-bond donors (Lipinski definition) is 1. The Bertz CT molecular complexity index is 923. The number of nitrogens with zero attached hydrogens (tertiary/aromatic N) is 2. The van der Waals surface area contributed by atoms with Crippen LogP contribution in [0, 0.1) is 5.92 Å². The third-order valence-corrected chi connectivity index (χ3v) is 5.42. The van der Waals surface area contributed by atoms with Crippen LogP contribution in [0.4, 0.5) is 0 Å². The molecule has 2 aromatic heterocycles. The van der Waals surface area contributed by atoms with Crippen molar-refractivity contribution in [3.05, 3.63) is 54.3 Å². The number of rotatable bonds is 5. The third-order valence-electron chi connectivity index (χ3n) is 5.42. The van der Waals surface area contributed by atoms with Gasteiger partial charge in [-0.15, -0.1) is 24.8 Å². The summed E-state index contributed by atoms with van der Waals surface area (Å²) in [7, 11) is 1.99. The fourth-order valence-electron chi connectivity index (χ4n) is 3.85. The van der Waals surface area contributed by atoms with Crippen molar-refractivity contribution in [2.75, 3.05) is 26.7 Å². The van der Waals surface area contributed by atoms with E-state index in [-0.39, 0.29) is 30.7 Å². The first kappa shape index (κ1) is 23.2. The van der Waals surface area contributed by atoms with Crippen molar-refractivity contribution in [2.24, 2.45) is 5.92 Å². The van der Waals surface area contributed by atoms with Gasteiger partial charge in [0.15, 0.2) is 5.76 Å². The lowest BCUT2D eigenvalue weighted by molar-refractivity contribution is 0.0689. The maximum absolute atomic E-state index is 13.3. The van der Waals surface area contributed by atoms with Crippen molar-refractivity contribution in [3.8, 4) is 11.5 Å². The monoisotopic (exact) mass is 435 g/mol. The Kier molecular flexibility index (Phi) is 8.50. The third kappa shape index (κ3) is 5.10. The molecular weight excluding hydrogens is 409 g/mol. The van der Waals surface area contributed by atoms with E-state index in [9.17, 15) is 4.79 Å². The van der Waals surface area contributed by atoms with Crippen molar-refractivity contribution in [1.82, 2.24) is 15.2 Å². The van der Waals surface area contributed by atoms with Crippen LogP contribution in [0.3, 0.4) is 0 Å². The quantitative estimate of drug-likeness (QED) is 0.624. The number of nitrogens with one attached hydrogen (secondary N) is 1. The van der Waals surface area contributed by atoms with Crippen LogP contribution >= 0.6 is 24.8 Å². The Hall–Kier alpha value is -2.08. The minimum atomic E-state index is 0. The van der Waals surface area contributed by atoms with Crippen molar-refractivity contribution < 1.29 is 9.21 Å². The molecule has 29 heavy (non-hydrogen) atoms. The lowest BCUT2D eigenvalue weighted by Crippen LogP contribution is -2.39. The van der Waals surface area contributed by atoms with Crippen molar-refractivity contribution in [2.45, 2.75) is 19.3 Å². The molecule has 1 fully saturated rings. The number of pyridine rings is 1. The Morgan fingerprint density at radius 1 is 1.17 bits per heavy atom. The highest BCUT2D eigenvalue weighted by Crippen LogP contribution is 2.28. The predicted molar refractivity (Wildman–Crippen MR) is 121 cm³/mol. The van der Waals surface area contributed by atoms with E-state index in [4.69, 9.17) is 4.42 Å². The van der Waals surface area contributed by atoms with Gasteiger partial charge in [0.05, 0.1) is 17.3 Å². The van der Waals surface area contributed by atoms with Gasteiger partial charge in [-0.2, -0.15) is 0 Å². The van der Waals surface area contributed by atoms with E-state index in [0.29, 0.717) is 22.9 Å². The van der Waals surface area contributed by atoms with Gasteiger partial charge in [-0.05, 0) is 63.0 Å². The molecule has 1 aliphatic heterocycles. The van der Waals surface area contributed by atoms with Crippen molar-refractivity contribution in [1.29, 1.82) is 0 Å². The number of halogens is 2. The van der Waals surface area contributed by atoms with E-state index in [0.717, 1.165) is 43.4 Å². The number of amides is 1. The Balaban J connectivity index is 0.00000150. The standard InChI is InChI=1S/C22H25N3O2.2ClH/c1-23-11-8-16-9-12-25(13-10-16)22(26)18-15-20(21-7-4-14-27-21)24-19-6-3-2-5-17(18)19;;/h2-7,14-16,23H,8-13H2,1H3;2*1H. The summed E-state index contributed by atoms with van der Waals surface area (Å²) in [5, 5.41) is 4.12. The lowest BCUT2D eigenvalue weighted by Gasteiger charge is -2.32. The first-order valence-corrected chi connectivity index (χ1v) is 9.64. The van der Waals surface area contributed by atoms with Gasteiger partial charge in [0, 0.05) is 18.5 Å². The Morgan fingerprint density at radius 3 is 2.62 bits per heavy atom. The molecule has 7 heteroatoms. The maximum atomic E-state index is 13.3. The lowest BCUT2D eigenvalue weighted by atomic mass is 9.93. The van der Waals surface area contributed by atoms with Crippen molar-refractivity contribution >= 4 is 41.6 Å². The molecule has 0 atom stereocenters. The van der Waals surface area contributed by atoms with E-state index in [1.54, 1.807) is 6.26 Å². The van der Waals surface area contributed by atoms with Crippen LogP contribution in [0.1, 0.15) is 29.6 Å². The van der Waals surface area contributed by atoms with E-state index in [1.807, 2.05) is 54.4 Å². The summed E-state index contributed by atoms with van der Waals surface area (Å²) in [6.07, 6.45) is 4.95. The predicted octanol–water partition coefficient (Wildman–Crippen LogP) is 4.80. The number of para-hydroxylation sites is 1. The van der Waals surface area contributed by atoms with Gasteiger partial charge in [0.2, 0.25) is 0 Å². The van der Waals surface area contributed by atoms with Crippen LogP contribution < -0.4 is 5.32 Å². The van der Waals surface area contributed by atoms with E-state index < -0.39 is 0 Å². The number of hydrogen-bond acceptors (Lipinski definition) is 4. The van der Waals surface area contributed by atoms with Crippen LogP contribution in [-0.4, -0.2) is 42.5 Å². The first-order valence-electron chi connectivity index (χ1n) is 9.64. The van der Waals surface area contributed by atoms with Gasteiger partial charge >= 0.3 is 0 Å². The number of carbonyl (C=O) groups is 1. The van der Waals surface area contributed by atoms with Crippen LogP contribution in [0.25, 0.3) is 22.4 Å². The first-order chi connectivity index (χ1) is 13.3. The SMILES string of the molecule is CNCCC1CCN(C(=O)c2cc(-c3ccco3)nc3ccccc23)CC1.Cl.Cl. The largest absolute Gasteiger partial charge is 0.463 e. The molecule has 4 rings (SSSR count). The molecule has 0 radical (unpaired) electrons. The summed E-state index contributed by atoms with van der Waals surface area (Å²) < 4.78 is 5.51. The molecule has 5 nitrogen and oxygen atoms in total. The second kappa shape index (κ2) is 10.6. The summed E-state index contributed by atoms with van der Waals surface area (Å²) in [6, 6.07) is 13.4. The Morgan fingerprint density at radius 2 is 1.93 bits per heavy atom. The van der Waals surface area contributed by atoms with Crippen LogP contribution in [0.2, 0.25) is 0 Å². The molecule has 1 N–H and O–H groups in total. The van der Waals surface area contributed by atoms with E-state index in [1.165, 1.54) is 6.42 Å². The smallest absolute Gasteiger partial charge is 0.254 e. The number of furan rings is 1. The molecule has 1 aliphatic rings. The van der Waals surface area contributed by atoms with Crippen molar-refractivity contribution in [3.63, 3.8) is 0 Å². The van der Waals surface area contributed by atoms with Crippen LogP contribution in [-0.2, 0) is 0 Å². The fourth-order valence-corrected chi connectivity index (χ4v) is 3.85. The molecule has 0 unspecified atom stereocenters. The highest BCUT2D eigenvalue weighted by atomic mass is 35.5. The van der Waals surface area contributed by atoms with Gasteiger partial charge < -0.3 is 14.6 Å².